The number of ether oxygens (including phenoxy) is 2. The largest absolute Gasteiger partial charge is 0.466 e. The predicted molar refractivity (Wildman–Crippen MR) is 209 cm³/mol. The van der Waals surface area contributed by atoms with Gasteiger partial charge < -0.3 is 19.5 Å². The van der Waals surface area contributed by atoms with Crippen molar-refractivity contribution in [3.8, 4) is 0 Å². The molecule has 0 aromatic heterocycles. The summed E-state index contributed by atoms with van der Waals surface area (Å²) < 4.78 is 11.3. The van der Waals surface area contributed by atoms with Gasteiger partial charge in [0.15, 0.2) is 0 Å². The molecule has 0 aliphatic carbocycles. The minimum Gasteiger partial charge on any atom is -0.466 e. The van der Waals surface area contributed by atoms with Crippen LogP contribution >= 0.6 is 0 Å². The molecular formula is C43H81NO5. The highest BCUT2D eigenvalue weighted by Crippen LogP contribution is 2.15. The summed E-state index contributed by atoms with van der Waals surface area (Å²) in [4.78, 5) is 27.0. The normalized spacial score (nSPS) is 12.4. The lowest BCUT2D eigenvalue weighted by atomic mass is 10.1. The number of carbonyl (C=O) groups is 2. The van der Waals surface area contributed by atoms with Gasteiger partial charge in [-0.3, -0.25) is 9.59 Å². The van der Waals surface area contributed by atoms with Gasteiger partial charge in [0.05, 0.1) is 13.2 Å². The smallest absolute Gasteiger partial charge is 0.306 e. The highest BCUT2D eigenvalue weighted by Gasteiger charge is 2.13. The molecule has 288 valence electrons. The number of nitrogens with zero attached hydrogens (tertiary/aromatic N) is 1. The Morgan fingerprint density at radius 2 is 1.02 bits per heavy atom. The molecule has 0 aliphatic heterocycles. The van der Waals surface area contributed by atoms with E-state index in [2.05, 4.69) is 50.0 Å². The van der Waals surface area contributed by atoms with Gasteiger partial charge >= 0.3 is 11.9 Å². The van der Waals surface area contributed by atoms with Crippen molar-refractivity contribution >= 4 is 11.9 Å². The summed E-state index contributed by atoms with van der Waals surface area (Å²) in [6.45, 7) is 10.2. The van der Waals surface area contributed by atoms with Crippen LogP contribution < -0.4 is 0 Å². The molecule has 0 saturated carbocycles. The van der Waals surface area contributed by atoms with Crippen molar-refractivity contribution in [1.29, 1.82) is 0 Å². The van der Waals surface area contributed by atoms with Crippen LogP contribution in [0.3, 0.4) is 0 Å². The molecule has 0 bridgehead atoms. The molecule has 6 nitrogen and oxygen atoms in total. The van der Waals surface area contributed by atoms with Gasteiger partial charge in [-0.05, 0) is 83.7 Å². The van der Waals surface area contributed by atoms with Gasteiger partial charge in [0, 0.05) is 19.4 Å². The fraction of sp³-hybridized carbons (Fsp3) is 0.860. The van der Waals surface area contributed by atoms with E-state index in [9.17, 15) is 14.7 Å². The van der Waals surface area contributed by atoms with Crippen LogP contribution in [0.5, 0.6) is 0 Å². The molecule has 1 N–H and O–H groups in total. The Labute approximate surface area is 304 Å². The first kappa shape index (κ1) is 47.3. The number of hydrogen-bond acceptors (Lipinski definition) is 6. The number of allylic oxidation sites excluding steroid dienone is 4. The van der Waals surface area contributed by atoms with Crippen molar-refractivity contribution in [3.05, 3.63) is 24.3 Å². The number of esters is 2. The number of hydrogen-bond donors (Lipinski definition) is 1. The van der Waals surface area contributed by atoms with E-state index >= 15 is 0 Å². The van der Waals surface area contributed by atoms with Crippen molar-refractivity contribution < 1.29 is 24.2 Å². The SMILES string of the molecule is CCC/C=C\CCC(CC/C=C\CCCC)OC(=O)CCCCCCCN(CCO)CCCCCCCC(=O)OCCCCCCCCC. The zero-order valence-electron chi connectivity index (χ0n) is 32.7. The van der Waals surface area contributed by atoms with Crippen LogP contribution in [0, 0.1) is 0 Å². The van der Waals surface area contributed by atoms with Gasteiger partial charge in [-0.15, -0.1) is 0 Å². The summed E-state index contributed by atoms with van der Waals surface area (Å²) in [6, 6.07) is 0. The summed E-state index contributed by atoms with van der Waals surface area (Å²) in [5, 5.41) is 9.52. The third kappa shape index (κ3) is 36.0. The molecule has 0 radical (unpaired) electrons. The fourth-order valence-electron chi connectivity index (χ4n) is 6.10. The van der Waals surface area contributed by atoms with E-state index in [1.54, 1.807) is 0 Å². The monoisotopic (exact) mass is 692 g/mol. The van der Waals surface area contributed by atoms with E-state index in [4.69, 9.17) is 9.47 Å². The highest BCUT2D eigenvalue weighted by molar-refractivity contribution is 5.69. The van der Waals surface area contributed by atoms with Crippen LogP contribution in [-0.2, 0) is 19.1 Å². The van der Waals surface area contributed by atoms with E-state index < -0.39 is 0 Å². The Morgan fingerprint density at radius 1 is 0.531 bits per heavy atom. The zero-order valence-corrected chi connectivity index (χ0v) is 32.7. The lowest BCUT2D eigenvalue weighted by molar-refractivity contribution is -0.150. The molecule has 0 heterocycles. The molecule has 0 aromatic carbocycles. The summed E-state index contributed by atoms with van der Waals surface area (Å²) in [5.41, 5.74) is 0. The Hall–Kier alpha value is -1.66. The molecule has 0 amide bonds. The molecule has 0 fully saturated rings. The predicted octanol–water partition coefficient (Wildman–Crippen LogP) is 11.8. The molecular weight excluding hydrogens is 610 g/mol. The highest BCUT2D eigenvalue weighted by atomic mass is 16.5. The van der Waals surface area contributed by atoms with Gasteiger partial charge in [0.1, 0.15) is 6.10 Å². The third-order valence-electron chi connectivity index (χ3n) is 9.26. The molecule has 0 saturated heterocycles. The van der Waals surface area contributed by atoms with Gasteiger partial charge in [-0.1, -0.05) is 141 Å². The quantitative estimate of drug-likeness (QED) is 0.0394. The van der Waals surface area contributed by atoms with Crippen molar-refractivity contribution in [2.75, 3.05) is 32.8 Å². The van der Waals surface area contributed by atoms with Crippen LogP contribution in [-0.4, -0.2) is 60.9 Å². The standard InChI is InChI=1S/C43H81NO5/c1-4-7-10-13-15-24-31-40-48-42(46)34-27-20-16-22-29-36-44(38-39-45)37-30-23-17-21-28-35-43(47)49-41(32-25-18-12-9-6-3)33-26-19-14-11-8-5-2/h12,14,18-19,41,45H,4-11,13,15-17,20-40H2,1-3H3/b18-12-,19-14-. The Morgan fingerprint density at radius 3 is 1.59 bits per heavy atom. The topological polar surface area (TPSA) is 76.1 Å². The first-order valence-corrected chi connectivity index (χ1v) is 21.1. The lowest BCUT2D eigenvalue weighted by Gasteiger charge is -2.21. The first-order chi connectivity index (χ1) is 24.1. The number of carbonyl (C=O) groups excluding carboxylic acids is 2. The summed E-state index contributed by atoms with van der Waals surface area (Å²) >= 11 is 0. The van der Waals surface area contributed by atoms with Gasteiger partial charge in [-0.25, -0.2) is 0 Å². The molecule has 0 rings (SSSR count). The zero-order chi connectivity index (χ0) is 35.9. The summed E-state index contributed by atoms with van der Waals surface area (Å²) in [5.74, 6) is -0.0722. The van der Waals surface area contributed by atoms with Gasteiger partial charge in [0.25, 0.3) is 0 Å². The van der Waals surface area contributed by atoms with Crippen molar-refractivity contribution in [2.24, 2.45) is 0 Å². The molecule has 6 heteroatoms. The summed E-state index contributed by atoms with van der Waals surface area (Å²) in [7, 11) is 0. The molecule has 0 aromatic rings. The van der Waals surface area contributed by atoms with Gasteiger partial charge in [-0.2, -0.15) is 0 Å². The van der Waals surface area contributed by atoms with E-state index in [0.29, 0.717) is 19.4 Å². The maximum Gasteiger partial charge on any atom is 0.306 e. The average Bonchev–Trinajstić information content (AvgIpc) is 3.09. The minimum atomic E-state index is -0.0367. The molecule has 1 unspecified atom stereocenters. The van der Waals surface area contributed by atoms with Crippen molar-refractivity contribution in [2.45, 2.75) is 207 Å². The number of aliphatic hydroxyl groups excluding tert-OH is 1. The third-order valence-corrected chi connectivity index (χ3v) is 9.26. The van der Waals surface area contributed by atoms with Crippen LogP contribution in [0.15, 0.2) is 24.3 Å². The Kier molecular flexibility index (Phi) is 37.8. The average molecular weight is 692 g/mol. The maximum absolute atomic E-state index is 12.6. The fourth-order valence-corrected chi connectivity index (χ4v) is 6.10. The number of rotatable bonds is 38. The Balaban J connectivity index is 3.96. The van der Waals surface area contributed by atoms with E-state index in [-0.39, 0.29) is 24.6 Å². The number of unbranched alkanes of at least 4 members (excludes halogenated alkanes) is 17. The van der Waals surface area contributed by atoms with E-state index in [1.807, 2.05) is 0 Å². The molecule has 0 spiro atoms. The van der Waals surface area contributed by atoms with Gasteiger partial charge in [0.2, 0.25) is 0 Å². The number of aliphatic hydroxyl groups is 1. The second-order valence-electron chi connectivity index (χ2n) is 14.1. The van der Waals surface area contributed by atoms with Crippen LogP contribution in [0.25, 0.3) is 0 Å². The Bertz CT molecular complexity index is 767. The second-order valence-corrected chi connectivity index (χ2v) is 14.1. The minimum absolute atomic E-state index is 0.0141. The van der Waals surface area contributed by atoms with Crippen LogP contribution in [0.2, 0.25) is 0 Å². The van der Waals surface area contributed by atoms with E-state index in [0.717, 1.165) is 129 Å². The summed E-state index contributed by atoms with van der Waals surface area (Å²) in [6.07, 6.45) is 39.2. The van der Waals surface area contributed by atoms with E-state index in [1.165, 1.54) is 57.8 Å². The lowest BCUT2D eigenvalue weighted by Crippen LogP contribution is -2.29. The maximum atomic E-state index is 12.6. The molecule has 49 heavy (non-hydrogen) atoms. The van der Waals surface area contributed by atoms with Crippen molar-refractivity contribution in [1.82, 2.24) is 4.90 Å². The first-order valence-electron chi connectivity index (χ1n) is 21.1. The van der Waals surface area contributed by atoms with Crippen LogP contribution in [0.1, 0.15) is 201 Å². The molecule has 0 aliphatic rings. The molecule has 1 atom stereocenters. The second kappa shape index (κ2) is 39.1. The van der Waals surface area contributed by atoms with Crippen molar-refractivity contribution in [3.63, 3.8) is 0 Å². The van der Waals surface area contributed by atoms with Crippen LogP contribution in [0.4, 0.5) is 0 Å².